The van der Waals surface area contributed by atoms with Gasteiger partial charge < -0.3 is 9.47 Å². The summed E-state index contributed by atoms with van der Waals surface area (Å²) < 4.78 is 10.7. The van der Waals surface area contributed by atoms with E-state index in [0.29, 0.717) is 6.61 Å². The topological polar surface area (TPSA) is 67.6 Å². The summed E-state index contributed by atoms with van der Waals surface area (Å²) in [6, 6.07) is 7.12. The van der Waals surface area contributed by atoms with Crippen molar-refractivity contribution < 1.29 is 19.1 Å². The van der Waals surface area contributed by atoms with Gasteiger partial charge in [0.15, 0.2) is 5.54 Å². The van der Waals surface area contributed by atoms with Crippen LogP contribution in [-0.4, -0.2) is 42.1 Å². The summed E-state index contributed by atoms with van der Waals surface area (Å²) >= 11 is 0. The van der Waals surface area contributed by atoms with Crippen molar-refractivity contribution in [3.8, 4) is 5.75 Å². The minimum absolute atomic E-state index is 0.0837. The first-order valence-electron chi connectivity index (χ1n) is 6.45. The summed E-state index contributed by atoms with van der Waals surface area (Å²) in [4.78, 5) is 24.8. The average Bonchev–Trinajstić information content (AvgIpc) is 2.95. The molecule has 3 amide bonds. The van der Waals surface area contributed by atoms with Crippen LogP contribution in [0.5, 0.6) is 5.75 Å². The lowest BCUT2D eigenvalue weighted by Crippen LogP contribution is -2.38. The monoisotopic (exact) mass is 276 g/mol. The number of benzene rings is 1. The molecule has 1 aromatic rings. The van der Waals surface area contributed by atoms with Gasteiger partial charge in [-0.15, -0.1) is 0 Å². The molecule has 2 atom stereocenters. The van der Waals surface area contributed by atoms with E-state index < -0.39 is 5.54 Å². The molecule has 0 bridgehead atoms. The van der Waals surface area contributed by atoms with E-state index in [1.165, 1.54) is 4.90 Å². The number of hydrogen-bond donors (Lipinski definition) is 1. The molecule has 20 heavy (non-hydrogen) atoms. The van der Waals surface area contributed by atoms with E-state index in [0.717, 1.165) is 11.3 Å². The largest absolute Gasteiger partial charge is 0.497 e. The Morgan fingerprint density at radius 1 is 1.30 bits per heavy atom. The van der Waals surface area contributed by atoms with Crippen LogP contribution in [-0.2, 0) is 16.1 Å². The highest BCUT2D eigenvalue weighted by atomic mass is 16.5. The molecule has 6 nitrogen and oxygen atoms in total. The fourth-order valence-corrected chi connectivity index (χ4v) is 2.70. The number of hydrogen-bond acceptors (Lipinski definition) is 4. The second-order valence-electron chi connectivity index (χ2n) is 5.07. The fraction of sp³-hybridized carbons (Fsp3) is 0.429. The Hall–Kier alpha value is -2.08. The van der Waals surface area contributed by atoms with Crippen molar-refractivity contribution in [1.29, 1.82) is 0 Å². The van der Waals surface area contributed by atoms with E-state index >= 15 is 0 Å². The smallest absolute Gasteiger partial charge is 0.325 e. The molecule has 2 heterocycles. The van der Waals surface area contributed by atoms with Gasteiger partial charge in [0.1, 0.15) is 5.75 Å². The normalized spacial score (nSPS) is 27.3. The molecule has 6 heteroatoms. The molecule has 2 aliphatic heterocycles. The lowest BCUT2D eigenvalue weighted by atomic mass is 10.1. The highest BCUT2D eigenvalue weighted by Crippen LogP contribution is 2.45. The number of rotatable bonds is 5. The van der Waals surface area contributed by atoms with E-state index in [-0.39, 0.29) is 24.6 Å². The fourth-order valence-electron chi connectivity index (χ4n) is 2.70. The third kappa shape index (κ3) is 1.76. The van der Waals surface area contributed by atoms with Gasteiger partial charge in [-0.05, 0) is 24.6 Å². The minimum atomic E-state index is -0.788. The van der Waals surface area contributed by atoms with Gasteiger partial charge >= 0.3 is 6.03 Å². The van der Waals surface area contributed by atoms with Crippen LogP contribution in [0.15, 0.2) is 24.3 Å². The van der Waals surface area contributed by atoms with Crippen LogP contribution >= 0.6 is 0 Å². The highest BCUT2D eigenvalue weighted by molar-refractivity contribution is 6.12. The molecule has 106 valence electrons. The van der Waals surface area contributed by atoms with Crippen LogP contribution < -0.4 is 10.1 Å². The number of nitrogens with zero attached hydrogens (tertiary/aromatic N) is 1. The zero-order valence-electron chi connectivity index (χ0n) is 11.4. The number of amides is 3. The standard InChI is InChI=1S/C14H16N2O4/c1-9-14(12(17)15-13(18)16(9)14)8-20-7-10-3-5-11(19-2)6-4-10/h3-6,9H,7-8H2,1-2H3,(H,15,17,18). The van der Waals surface area contributed by atoms with Gasteiger partial charge in [-0.2, -0.15) is 0 Å². The number of imide groups is 1. The van der Waals surface area contributed by atoms with Gasteiger partial charge in [0, 0.05) is 0 Å². The van der Waals surface area contributed by atoms with Crippen LogP contribution in [0.25, 0.3) is 0 Å². The number of methoxy groups -OCH3 is 1. The molecule has 2 unspecified atom stereocenters. The maximum absolute atomic E-state index is 11.8. The Morgan fingerprint density at radius 2 is 2.00 bits per heavy atom. The van der Waals surface area contributed by atoms with Gasteiger partial charge in [0.2, 0.25) is 0 Å². The molecule has 2 fully saturated rings. The Bertz CT molecular complexity index is 557. The molecule has 2 aliphatic rings. The second-order valence-corrected chi connectivity index (χ2v) is 5.07. The minimum Gasteiger partial charge on any atom is -0.497 e. The molecule has 1 aromatic carbocycles. The summed E-state index contributed by atoms with van der Waals surface area (Å²) in [7, 11) is 1.61. The maximum atomic E-state index is 11.8. The van der Waals surface area contributed by atoms with Gasteiger partial charge in [0.25, 0.3) is 5.91 Å². The van der Waals surface area contributed by atoms with Crippen molar-refractivity contribution in [2.75, 3.05) is 13.7 Å². The van der Waals surface area contributed by atoms with Crippen LogP contribution in [0.4, 0.5) is 4.79 Å². The molecular formula is C14H16N2O4. The number of nitrogens with one attached hydrogen (secondary N) is 1. The van der Waals surface area contributed by atoms with E-state index in [9.17, 15) is 9.59 Å². The maximum Gasteiger partial charge on any atom is 0.325 e. The number of urea groups is 1. The average molecular weight is 276 g/mol. The zero-order valence-corrected chi connectivity index (χ0v) is 11.4. The number of carbonyl (C=O) groups is 2. The molecular weight excluding hydrogens is 260 g/mol. The first-order chi connectivity index (χ1) is 9.59. The summed E-state index contributed by atoms with van der Waals surface area (Å²) in [6.45, 7) is 2.47. The predicted octanol–water partition coefficient (Wildman–Crippen LogP) is 0.904. The summed E-state index contributed by atoms with van der Waals surface area (Å²) in [5, 5.41) is 2.30. The van der Waals surface area contributed by atoms with Crippen LogP contribution in [0.3, 0.4) is 0 Å². The van der Waals surface area contributed by atoms with Crippen molar-refractivity contribution in [1.82, 2.24) is 10.2 Å². The number of ether oxygens (including phenoxy) is 2. The molecule has 0 radical (unpaired) electrons. The first-order valence-corrected chi connectivity index (χ1v) is 6.45. The Balaban J connectivity index is 1.58. The number of fused-ring (bicyclic) bond motifs is 1. The zero-order chi connectivity index (χ0) is 14.3. The molecule has 3 rings (SSSR count). The lowest BCUT2D eigenvalue weighted by molar-refractivity contribution is -0.123. The Morgan fingerprint density at radius 3 is 2.55 bits per heavy atom. The predicted molar refractivity (Wildman–Crippen MR) is 70.2 cm³/mol. The Labute approximate surface area is 116 Å². The van der Waals surface area contributed by atoms with Crippen LogP contribution in [0.1, 0.15) is 12.5 Å². The molecule has 1 N–H and O–H groups in total. The van der Waals surface area contributed by atoms with E-state index in [1.807, 2.05) is 31.2 Å². The molecule has 0 aromatic heterocycles. The van der Waals surface area contributed by atoms with Gasteiger partial charge in [-0.1, -0.05) is 12.1 Å². The Kier molecular flexibility index (Phi) is 2.90. The summed E-state index contributed by atoms with van der Waals surface area (Å²) in [6.07, 6.45) is 0. The van der Waals surface area contributed by atoms with Crippen molar-refractivity contribution >= 4 is 11.9 Å². The molecule has 0 saturated carbocycles. The van der Waals surface area contributed by atoms with E-state index in [2.05, 4.69) is 5.32 Å². The van der Waals surface area contributed by atoms with Crippen molar-refractivity contribution in [2.24, 2.45) is 0 Å². The molecule has 0 spiro atoms. The van der Waals surface area contributed by atoms with Gasteiger partial charge in [0.05, 0.1) is 26.4 Å². The first kappa shape index (κ1) is 12.9. The second kappa shape index (κ2) is 4.49. The van der Waals surface area contributed by atoms with Gasteiger partial charge in [-0.3, -0.25) is 15.0 Å². The van der Waals surface area contributed by atoms with E-state index in [1.54, 1.807) is 7.11 Å². The van der Waals surface area contributed by atoms with Gasteiger partial charge in [-0.25, -0.2) is 4.79 Å². The van der Waals surface area contributed by atoms with Crippen molar-refractivity contribution in [3.05, 3.63) is 29.8 Å². The van der Waals surface area contributed by atoms with Crippen LogP contribution in [0, 0.1) is 0 Å². The summed E-state index contributed by atoms with van der Waals surface area (Å²) in [5.74, 6) is 0.528. The quantitative estimate of drug-likeness (QED) is 0.641. The lowest BCUT2D eigenvalue weighted by Gasteiger charge is -2.10. The van der Waals surface area contributed by atoms with Crippen LogP contribution in [0.2, 0.25) is 0 Å². The van der Waals surface area contributed by atoms with E-state index in [4.69, 9.17) is 9.47 Å². The number of carbonyl (C=O) groups excluding carboxylic acids is 2. The highest BCUT2D eigenvalue weighted by Gasteiger charge is 2.72. The van der Waals surface area contributed by atoms with Crippen molar-refractivity contribution in [3.63, 3.8) is 0 Å². The summed E-state index contributed by atoms with van der Waals surface area (Å²) in [5.41, 5.74) is 0.204. The third-order valence-electron chi connectivity index (χ3n) is 4.02. The SMILES string of the molecule is COc1ccc(COCC23C(=O)NC(=O)N2C3C)cc1. The molecule has 0 aliphatic carbocycles. The molecule has 2 saturated heterocycles. The van der Waals surface area contributed by atoms with Crippen molar-refractivity contribution in [2.45, 2.75) is 25.1 Å². The third-order valence-corrected chi connectivity index (χ3v) is 4.02.